The molecule has 0 radical (unpaired) electrons. The van der Waals surface area contributed by atoms with Crippen molar-refractivity contribution >= 4 is 15.9 Å². The molecule has 0 saturated carbocycles. The lowest BCUT2D eigenvalue weighted by Crippen LogP contribution is -2.44. The highest BCUT2D eigenvalue weighted by Gasteiger charge is 2.15. The Morgan fingerprint density at radius 3 is 2.08 bits per heavy atom. The van der Waals surface area contributed by atoms with Crippen LogP contribution in [0.4, 0.5) is 0 Å². The highest BCUT2D eigenvalue weighted by molar-refractivity contribution is 7.89. The average Bonchev–Trinajstić information content (AvgIpc) is 2.62. The summed E-state index contributed by atoms with van der Waals surface area (Å²) in [6.45, 7) is 13.4. The number of rotatable bonds is 8. The molecule has 1 fully saturated rings. The minimum atomic E-state index is -3.00. The molecule has 0 spiro atoms. The first kappa shape index (κ1) is 26.5. The van der Waals surface area contributed by atoms with E-state index in [1.807, 2.05) is 32.6 Å². The largest absolute Gasteiger partial charge is 0.378 e. The van der Waals surface area contributed by atoms with Gasteiger partial charge in [-0.2, -0.15) is 0 Å². The molecule has 0 aromatic rings. The first-order valence-electron chi connectivity index (χ1n) is 9.02. The molecule has 1 heterocycles. The molecular weight excluding hydrogens is 344 g/mol. The van der Waals surface area contributed by atoms with Crippen LogP contribution in [0.1, 0.15) is 30.5 Å². The molecule has 0 bridgehead atoms. The Morgan fingerprint density at radius 1 is 1.12 bits per heavy atom. The third-order valence-corrected chi connectivity index (χ3v) is 5.07. The third-order valence-electron chi connectivity index (χ3n) is 3.23. The Labute approximate surface area is 157 Å². The van der Waals surface area contributed by atoms with Crippen LogP contribution in [0.15, 0.2) is 0 Å². The van der Waals surface area contributed by atoms with E-state index in [2.05, 4.69) is 10.6 Å². The van der Waals surface area contributed by atoms with Crippen molar-refractivity contribution in [2.24, 2.45) is 0 Å². The van der Waals surface area contributed by atoms with Gasteiger partial charge in [0.1, 0.15) is 0 Å². The van der Waals surface area contributed by atoms with Gasteiger partial charge in [-0.15, -0.1) is 0 Å². The molecule has 156 valence electrons. The monoisotopic (exact) mass is 386 g/mol. The predicted molar refractivity (Wildman–Crippen MR) is 108 cm³/mol. The molecule has 0 unspecified atom stereocenters. The number of hydrogen-bond donors (Lipinski definition) is 2. The van der Waals surface area contributed by atoms with Gasteiger partial charge in [0.05, 0.1) is 25.5 Å². The molecule has 9 heteroatoms. The summed E-state index contributed by atoms with van der Waals surface area (Å²) < 4.78 is 28.6. The number of nitrogens with zero attached hydrogens (tertiary/aromatic N) is 2. The fourth-order valence-corrected chi connectivity index (χ4v) is 2.48. The molecule has 0 aromatic carbocycles. The Morgan fingerprint density at radius 2 is 1.64 bits per heavy atom. The fourth-order valence-electron chi connectivity index (χ4n) is 1.72. The van der Waals surface area contributed by atoms with Crippen molar-refractivity contribution in [2.45, 2.75) is 27.7 Å². The summed E-state index contributed by atoms with van der Waals surface area (Å²) in [4.78, 5) is 13.2. The van der Waals surface area contributed by atoms with Crippen LogP contribution in [0, 0.1) is 0 Å². The van der Waals surface area contributed by atoms with Crippen LogP contribution in [-0.2, 0) is 19.6 Å². The summed E-state index contributed by atoms with van der Waals surface area (Å²) in [6, 6.07) is 0. The first-order valence-corrected chi connectivity index (χ1v) is 10.6. The van der Waals surface area contributed by atoms with E-state index in [0.717, 1.165) is 26.2 Å². The molecule has 25 heavy (non-hydrogen) atoms. The highest BCUT2D eigenvalue weighted by atomic mass is 32.2. The van der Waals surface area contributed by atoms with Crippen LogP contribution < -0.4 is 10.6 Å². The van der Waals surface area contributed by atoms with Crippen molar-refractivity contribution in [3.63, 3.8) is 0 Å². The predicted octanol–water partition coefficient (Wildman–Crippen LogP) is 0.460. The summed E-state index contributed by atoms with van der Waals surface area (Å²) in [5.41, 5.74) is 0. The number of hydrogen-bond acceptors (Lipinski definition) is 6. The lowest BCUT2D eigenvalue weighted by atomic mass is 10.4. The van der Waals surface area contributed by atoms with E-state index in [4.69, 9.17) is 4.74 Å². The van der Waals surface area contributed by atoms with Crippen molar-refractivity contribution in [2.75, 3.05) is 72.3 Å². The number of carbonyl (C=O) groups is 1. The standard InChI is InChI=1S/C8H16N2O2.C6H16N2O2S.C2H6.2H2/c1-2-9-7-8(11)10-3-5-12-6-4-10;1-4-7-5-6-11(9,10)8(2)3;1-2;;/h9H,2-7H2,1H3;7H,4-6H2,1-3H3;1-2H3;2*1H. The SMILES string of the molecule is CC.CCNCC(=O)N1CCOCC1.CCNCCS(=O)(=O)N(C)C.[HH].[HH]. The molecule has 8 nitrogen and oxygen atoms in total. The second-order valence-corrected chi connectivity index (χ2v) is 7.53. The maximum absolute atomic E-state index is 11.4. The van der Waals surface area contributed by atoms with Gasteiger partial charge in [-0.3, -0.25) is 4.79 Å². The van der Waals surface area contributed by atoms with E-state index in [1.54, 1.807) is 14.1 Å². The van der Waals surface area contributed by atoms with Gasteiger partial charge in [-0.05, 0) is 13.1 Å². The molecule has 2 N–H and O–H groups in total. The molecule has 1 saturated heterocycles. The van der Waals surface area contributed by atoms with Crippen LogP contribution >= 0.6 is 0 Å². The number of amides is 1. The topological polar surface area (TPSA) is 91.0 Å². The van der Waals surface area contributed by atoms with Gasteiger partial charge in [0, 0.05) is 36.6 Å². The van der Waals surface area contributed by atoms with Gasteiger partial charge in [-0.1, -0.05) is 27.7 Å². The second-order valence-electron chi connectivity index (χ2n) is 5.23. The minimum Gasteiger partial charge on any atom is -0.378 e. The second kappa shape index (κ2) is 16.7. The van der Waals surface area contributed by atoms with Crippen LogP contribution in [0.5, 0.6) is 0 Å². The Hall–Kier alpha value is -0.740. The van der Waals surface area contributed by atoms with Gasteiger partial charge in [0.15, 0.2) is 0 Å². The zero-order valence-electron chi connectivity index (χ0n) is 16.8. The molecule has 1 amide bonds. The average molecular weight is 387 g/mol. The van der Waals surface area contributed by atoms with Crippen LogP contribution in [0.25, 0.3) is 0 Å². The summed E-state index contributed by atoms with van der Waals surface area (Å²) in [5, 5.41) is 5.97. The highest BCUT2D eigenvalue weighted by Crippen LogP contribution is 1.96. The smallest absolute Gasteiger partial charge is 0.236 e. The number of ether oxygens (including phenoxy) is 1. The van der Waals surface area contributed by atoms with E-state index in [1.165, 1.54) is 4.31 Å². The van der Waals surface area contributed by atoms with Crippen molar-refractivity contribution in [1.82, 2.24) is 19.8 Å². The Bertz CT molecular complexity index is 421. The Kier molecular flexibility index (Phi) is 17.7. The van der Waals surface area contributed by atoms with Crippen LogP contribution in [-0.4, -0.2) is 95.9 Å². The van der Waals surface area contributed by atoms with E-state index >= 15 is 0 Å². The van der Waals surface area contributed by atoms with E-state index in [9.17, 15) is 13.2 Å². The quantitative estimate of drug-likeness (QED) is 0.589. The van der Waals surface area contributed by atoms with Crippen molar-refractivity contribution < 1.29 is 20.8 Å². The van der Waals surface area contributed by atoms with Crippen LogP contribution in [0.2, 0.25) is 0 Å². The van der Waals surface area contributed by atoms with E-state index < -0.39 is 10.0 Å². The van der Waals surface area contributed by atoms with Crippen molar-refractivity contribution in [1.29, 1.82) is 0 Å². The molecule has 0 aromatic heterocycles. The summed E-state index contributed by atoms with van der Waals surface area (Å²) in [7, 11) is 0.0863. The summed E-state index contributed by atoms with van der Waals surface area (Å²) in [6.07, 6.45) is 0. The number of likely N-dealkylation sites (N-methyl/N-ethyl adjacent to an activating group) is 1. The third kappa shape index (κ3) is 14.1. The molecule has 1 rings (SSSR count). The summed E-state index contributed by atoms with van der Waals surface area (Å²) >= 11 is 0. The van der Waals surface area contributed by atoms with Gasteiger partial charge >= 0.3 is 0 Å². The summed E-state index contributed by atoms with van der Waals surface area (Å²) in [5.74, 6) is 0.355. The number of morpholine rings is 1. The van der Waals surface area contributed by atoms with Crippen LogP contribution in [0.3, 0.4) is 0 Å². The zero-order chi connectivity index (χ0) is 19.7. The maximum atomic E-state index is 11.4. The van der Waals surface area contributed by atoms with Gasteiger partial charge in [0.2, 0.25) is 15.9 Å². The van der Waals surface area contributed by atoms with Gasteiger partial charge in [-0.25, -0.2) is 12.7 Å². The van der Waals surface area contributed by atoms with Crippen molar-refractivity contribution in [3.05, 3.63) is 0 Å². The minimum absolute atomic E-state index is 0. The van der Waals surface area contributed by atoms with Gasteiger partial charge < -0.3 is 20.3 Å². The maximum Gasteiger partial charge on any atom is 0.236 e. The van der Waals surface area contributed by atoms with Gasteiger partial charge in [0.25, 0.3) is 0 Å². The molecule has 0 aliphatic carbocycles. The first-order chi connectivity index (χ1) is 11.8. The van der Waals surface area contributed by atoms with E-state index in [0.29, 0.717) is 26.3 Å². The number of sulfonamides is 1. The normalized spacial score (nSPS) is 14.3. The molecule has 1 aliphatic rings. The van der Waals surface area contributed by atoms with E-state index in [-0.39, 0.29) is 14.5 Å². The number of nitrogens with one attached hydrogen (secondary N) is 2. The fraction of sp³-hybridized carbons (Fsp3) is 0.938. The Balaban J connectivity index is -0.000000168. The lowest BCUT2D eigenvalue weighted by Gasteiger charge is -2.26. The lowest BCUT2D eigenvalue weighted by molar-refractivity contribution is -0.134. The molecule has 0 atom stereocenters. The molecular formula is C16H42N4O4S. The zero-order valence-corrected chi connectivity index (χ0v) is 17.6. The van der Waals surface area contributed by atoms with Crippen molar-refractivity contribution in [3.8, 4) is 0 Å². The molecule has 1 aliphatic heterocycles. The number of carbonyl (C=O) groups excluding carboxylic acids is 1.